The molecule has 1 rings (SSSR count). The minimum atomic E-state index is 0.103. The standard InChI is InChI=1S/C12H16INO/c1-9(2)6-7-12(15)14-11-5-3-4-10(13)8-11/h3-5,8-9H,6-7H2,1-2H3,(H,14,15). The zero-order valence-electron chi connectivity index (χ0n) is 9.09. The van der Waals surface area contributed by atoms with E-state index in [0.717, 1.165) is 15.7 Å². The van der Waals surface area contributed by atoms with Gasteiger partial charge >= 0.3 is 0 Å². The fourth-order valence-electron chi connectivity index (χ4n) is 1.21. The van der Waals surface area contributed by atoms with E-state index >= 15 is 0 Å². The fraction of sp³-hybridized carbons (Fsp3) is 0.417. The van der Waals surface area contributed by atoms with Crippen LogP contribution in [-0.4, -0.2) is 5.91 Å². The van der Waals surface area contributed by atoms with Gasteiger partial charge < -0.3 is 5.32 Å². The lowest BCUT2D eigenvalue weighted by molar-refractivity contribution is -0.116. The van der Waals surface area contributed by atoms with Crippen LogP contribution in [-0.2, 0) is 4.79 Å². The molecule has 15 heavy (non-hydrogen) atoms. The normalized spacial score (nSPS) is 10.4. The SMILES string of the molecule is CC(C)CCC(=O)Nc1cccc(I)c1. The Bertz CT molecular complexity index is 336. The quantitative estimate of drug-likeness (QED) is 0.844. The molecule has 0 radical (unpaired) electrons. The highest BCUT2D eigenvalue weighted by molar-refractivity contribution is 14.1. The Morgan fingerprint density at radius 2 is 2.20 bits per heavy atom. The predicted octanol–water partition coefficient (Wildman–Crippen LogP) is 3.67. The molecule has 0 atom stereocenters. The van der Waals surface area contributed by atoms with Crippen molar-refractivity contribution in [2.75, 3.05) is 5.32 Å². The van der Waals surface area contributed by atoms with Gasteiger partial charge in [-0.3, -0.25) is 4.79 Å². The molecule has 2 nitrogen and oxygen atoms in total. The van der Waals surface area contributed by atoms with Crippen LogP contribution in [0.1, 0.15) is 26.7 Å². The van der Waals surface area contributed by atoms with E-state index in [1.54, 1.807) is 0 Å². The Hall–Kier alpha value is -0.580. The highest BCUT2D eigenvalue weighted by atomic mass is 127. The molecule has 0 aliphatic carbocycles. The molecule has 0 bridgehead atoms. The zero-order chi connectivity index (χ0) is 11.3. The number of carbonyl (C=O) groups is 1. The third kappa shape index (κ3) is 5.16. The number of nitrogens with one attached hydrogen (secondary N) is 1. The molecule has 0 aliphatic heterocycles. The monoisotopic (exact) mass is 317 g/mol. The van der Waals surface area contributed by atoms with Gasteiger partial charge in [0.1, 0.15) is 0 Å². The number of amides is 1. The molecular weight excluding hydrogens is 301 g/mol. The van der Waals surface area contributed by atoms with E-state index in [-0.39, 0.29) is 5.91 Å². The molecule has 0 heterocycles. The average molecular weight is 317 g/mol. The molecule has 0 saturated carbocycles. The van der Waals surface area contributed by atoms with Gasteiger partial charge in [0.05, 0.1) is 0 Å². The lowest BCUT2D eigenvalue weighted by atomic mass is 10.1. The second-order valence-corrected chi connectivity index (χ2v) is 5.24. The molecule has 0 saturated heterocycles. The minimum absolute atomic E-state index is 0.103. The van der Waals surface area contributed by atoms with Crippen molar-refractivity contribution in [3.63, 3.8) is 0 Å². The summed E-state index contributed by atoms with van der Waals surface area (Å²) >= 11 is 2.23. The summed E-state index contributed by atoms with van der Waals surface area (Å²) in [6.45, 7) is 4.25. The summed E-state index contributed by atoms with van der Waals surface area (Å²) < 4.78 is 1.13. The van der Waals surface area contributed by atoms with Crippen LogP contribution in [0.3, 0.4) is 0 Å². The van der Waals surface area contributed by atoms with E-state index < -0.39 is 0 Å². The van der Waals surface area contributed by atoms with Crippen LogP contribution in [0.5, 0.6) is 0 Å². The highest BCUT2D eigenvalue weighted by Crippen LogP contribution is 2.13. The van der Waals surface area contributed by atoms with E-state index in [0.29, 0.717) is 12.3 Å². The number of carbonyl (C=O) groups excluding carboxylic acids is 1. The lowest BCUT2D eigenvalue weighted by Crippen LogP contribution is -2.12. The lowest BCUT2D eigenvalue weighted by Gasteiger charge is -2.06. The Balaban J connectivity index is 2.44. The smallest absolute Gasteiger partial charge is 0.224 e. The van der Waals surface area contributed by atoms with Crippen molar-refractivity contribution >= 4 is 34.2 Å². The van der Waals surface area contributed by atoms with Crippen LogP contribution in [0.25, 0.3) is 0 Å². The molecule has 82 valence electrons. The molecule has 0 aliphatic rings. The van der Waals surface area contributed by atoms with Gasteiger partial charge in [0.15, 0.2) is 0 Å². The highest BCUT2D eigenvalue weighted by Gasteiger charge is 2.03. The summed E-state index contributed by atoms with van der Waals surface area (Å²) in [7, 11) is 0. The van der Waals surface area contributed by atoms with Gasteiger partial charge in [-0.2, -0.15) is 0 Å². The first-order valence-corrected chi connectivity index (χ1v) is 6.21. The minimum Gasteiger partial charge on any atom is -0.326 e. The van der Waals surface area contributed by atoms with Crippen molar-refractivity contribution < 1.29 is 4.79 Å². The zero-order valence-corrected chi connectivity index (χ0v) is 11.2. The average Bonchev–Trinajstić information content (AvgIpc) is 2.15. The Labute approximate surface area is 105 Å². The molecule has 3 heteroatoms. The number of hydrogen-bond donors (Lipinski definition) is 1. The first-order chi connectivity index (χ1) is 7.08. The molecule has 0 fully saturated rings. The largest absolute Gasteiger partial charge is 0.326 e. The van der Waals surface area contributed by atoms with Gasteiger partial charge in [-0.1, -0.05) is 19.9 Å². The van der Waals surface area contributed by atoms with Crippen molar-refractivity contribution in [1.29, 1.82) is 0 Å². The third-order valence-electron chi connectivity index (χ3n) is 2.06. The molecular formula is C12H16INO. The Morgan fingerprint density at radius 1 is 1.47 bits per heavy atom. The Kier molecular flexibility index (Phi) is 5.08. The number of rotatable bonds is 4. The second kappa shape index (κ2) is 6.10. The number of anilines is 1. The molecule has 1 aromatic carbocycles. The van der Waals surface area contributed by atoms with Crippen molar-refractivity contribution in [2.24, 2.45) is 5.92 Å². The summed E-state index contributed by atoms with van der Waals surface area (Å²) in [5, 5.41) is 2.89. The number of halogens is 1. The molecule has 0 aromatic heterocycles. The van der Waals surface area contributed by atoms with Gasteiger partial charge in [0.2, 0.25) is 5.91 Å². The molecule has 1 N–H and O–H groups in total. The van der Waals surface area contributed by atoms with Gasteiger partial charge in [-0.05, 0) is 53.1 Å². The van der Waals surface area contributed by atoms with Crippen LogP contribution in [0.2, 0.25) is 0 Å². The topological polar surface area (TPSA) is 29.1 Å². The van der Waals surface area contributed by atoms with Crippen LogP contribution < -0.4 is 5.32 Å². The van der Waals surface area contributed by atoms with E-state index in [2.05, 4.69) is 41.8 Å². The maximum atomic E-state index is 11.5. The van der Waals surface area contributed by atoms with E-state index in [9.17, 15) is 4.79 Å². The first kappa shape index (κ1) is 12.5. The third-order valence-corrected chi connectivity index (χ3v) is 2.73. The summed E-state index contributed by atoms with van der Waals surface area (Å²) in [5.74, 6) is 0.678. The summed E-state index contributed by atoms with van der Waals surface area (Å²) in [5.41, 5.74) is 0.885. The van der Waals surface area contributed by atoms with Crippen molar-refractivity contribution in [2.45, 2.75) is 26.7 Å². The van der Waals surface area contributed by atoms with Crippen LogP contribution in [0.15, 0.2) is 24.3 Å². The first-order valence-electron chi connectivity index (χ1n) is 5.13. The van der Waals surface area contributed by atoms with Crippen LogP contribution in [0, 0.1) is 9.49 Å². The Morgan fingerprint density at radius 3 is 2.80 bits per heavy atom. The maximum Gasteiger partial charge on any atom is 0.224 e. The predicted molar refractivity (Wildman–Crippen MR) is 71.9 cm³/mol. The van der Waals surface area contributed by atoms with Crippen molar-refractivity contribution in [1.82, 2.24) is 0 Å². The molecule has 1 aromatic rings. The summed E-state index contributed by atoms with van der Waals surface area (Å²) in [4.78, 5) is 11.5. The van der Waals surface area contributed by atoms with Gasteiger partial charge in [0.25, 0.3) is 0 Å². The van der Waals surface area contributed by atoms with E-state index in [1.807, 2.05) is 24.3 Å². The second-order valence-electron chi connectivity index (χ2n) is 3.99. The molecule has 0 unspecified atom stereocenters. The van der Waals surface area contributed by atoms with Crippen molar-refractivity contribution in [3.8, 4) is 0 Å². The summed E-state index contributed by atoms with van der Waals surface area (Å²) in [6, 6.07) is 7.83. The fourth-order valence-corrected chi connectivity index (χ4v) is 1.75. The number of hydrogen-bond acceptors (Lipinski definition) is 1. The van der Waals surface area contributed by atoms with Crippen LogP contribution >= 0.6 is 22.6 Å². The van der Waals surface area contributed by atoms with Gasteiger partial charge in [-0.15, -0.1) is 0 Å². The van der Waals surface area contributed by atoms with Gasteiger partial charge in [0, 0.05) is 15.7 Å². The molecule has 1 amide bonds. The molecule has 0 spiro atoms. The van der Waals surface area contributed by atoms with Gasteiger partial charge in [-0.25, -0.2) is 0 Å². The summed E-state index contributed by atoms with van der Waals surface area (Å²) in [6.07, 6.45) is 1.54. The van der Waals surface area contributed by atoms with E-state index in [1.165, 1.54) is 0 Å². The maximum absolute atomic E-state index is 11.5. The van der Waals surface area contributed by atoms with Crippen molar-refractivity contribution in [3.05, 3.63) is 27.8 Å². The number of benzene rings is 1. The van der Waals surface area contributed by atoms with E-state index in [4.69, 9.17) is 0 Å². The van der Waals surface area contributed by atoms with Crippen LogP contribution in [0.4, 0.5) is 5.69 Å².